The molecule has 0 bridgehead atoms. The first-order chi connectivity index (χ1) is 11.6. The van der Waals surface area contributed by atoms with E-state index in [-0.39, 0.29) is 5.57 Å². The predicted octanol–water partition coefficient (Wildman–Crippen LogP) is 4.76. The lowest BCUT2D eigenvalue weighted by Gasteiger charge is -2.10. The van der Waals surface area contributed by atoms with E-state index in [1.165, 1.54) is 7.11 Å². The average Bonchev–Trinajstić information content (AvgIpc) is 2.58. The highest BCUT2D eigenvalue weighted by Crippen LogP contribution is 2.30. The summed E-state index contributed by atoms with van der Waals surface area (Å²) in [4.78, 5) is 11.7. The van der Waals surface area contributed by atoms with Crippen LogP contribution >= 0.6 is 11.6 Å². The molecule has 24 heavy (non-hydrogen) atoms. The smallest absolute Gasteiger partial charge is 0.336 e. The third kappa shape index (κ3) is 4.30. The minimum absolute atomic E-state index is 0.130. The van der Waals surface area contributed by atoms with Gasteiger partial charge in [-0.1, -0.05) is 42.8 Å². The maximum Gasteiger partial charge on any atom is 0.336 e. The van der Waals surface area contributed by atoms with Crippen molar-refractivity contribution in [1.29, 1.82) is 0 Å². The Balaban J connectivity index is 2.41. The number of aliphatic carboxylic acids is 1. The van der Waals surface area contributed by atoms with E-state index < -0.39 is 5.97 Å². The van der Waals surface area contributed by atoms with E-state index in [1.807, 2.05) is 6.92 Å². The van der Waals surface area contributed by atoms with Crippen LogP contribution in [-0.4, -0.2) is 24.8 Å². The molecule has 0 unspecified atom stereocenters. The van der Waals surface area contributed by atoms with Gasteiger partial charge in [0.2, 0.25) is 0 Å². The van der Waals surface area contributed by atoms with E-state index in [2.05, 4.69) is 0 Å². The Morgan fingerprint density at radius 3 is 2.58 bits per heavy atom. The van der Waals surface area contributed by atoms with Crippen molar-refractivity contribution in [3.63, 3.8) is 0 Å². The van der Waals surface area contributed by atoms with Crippen molar-refractivity contribution in [3.8, 4) is 11.5 Å². The minimum atomic E-state index is -1.04. The van der Waals surface area contributed by atoms with Gasteiger partial charge in [-0.2, -0.15) is 0 Å². The number of halogens is 1. The van der Waals surface area contributed by atoms with Crippen LogP contribution in [0.1, 0.15) is 24.5 Å². The minimum Gasteiger partial charge on any atom is -0.496 e. The third-order valence-electron chi connectivity index (χ3n) is 3.36. The van der Waals surface area contributed by atoms with E-state index in [9.17, 15) is 9.90 Å². The van der Waals surface area contributed by atoms with Crippen LogP contribution in [0.2, 0.25) is 5.02 Å². The van der Waals surface area contributed by atoms with Crippen LogP contribution in [0.25, 0.3) is 11.6 Å². The van der Waals surface area contributed by atoms with Crippen molar-refractivity contribution in [1.82, 2.24) is 0 Å². The van der Waals surface area contributed by atoms with E-state index in [0.717, 1.165) is 6.42 Å². The van der Waals surface area contributed by atoms with Gasteiger partial charge in [0.05, 0.1) is 24.3 Å². The molecule has 4 nitrogen and oxygen atoms in total. The van der Waals surface area contributed by atoms with Gasteiger partial charge in [0.15, 0.2) is 0 Å². The molecule has 0 aliphatic carbocycles. The highest BCUT2D eigenvalue weighted by molar-refractivity contribution is 6.32. The fourth-order valence-electron chi connectivity index (χ4n) is 2.22. The van der Waals surface area contributed by atoms with Crippen molar-refractivity contribution >= 4 is 29.2 Å². The number of methoxy groups -OCH3 is 1. The van der Waals surface area contributed by atoms with E-state index in [4.69, 9.17) is 21.1 Å². The Morgan fingerprint density at radius 2 is 1.96 bits per heavy atom. The lowest BCUT2D eigenvalue weighted by molar-refractivity contribution is -0.130. The summed E-state index contributed by atoms with van der Waals surface area (Å²) in [6, 6.07) is 12.2. The van der Waals surface area contributed by atoms with Crippen LogP contribution in [0, 0.1) is 0 Å². The Kier molecular flexibility index (Phi) is 6.27. The van der Waals surface area contributed by atoms with Gasteiger partial charge in [-0.25, -0.2) is 4.79 Å². The highest BCUT2D eigenvalue weighted by Gasteiger charge is 2.15. The van der Waals surface area contributed by atoms with Crippen LogP contribution in [0.5, 0.6) is 11.5 Å². The maximum atomic E-state index is 11.7. The number of hydrogen-bond acceptors (Lipinski definition) is 3. The first kappa shape index (κ1) is 17.9. The van der Waals surface area contributed by atoms with E-state index in [1.54, 1.807) is 48.5 Å². The Bertz CT molecular complexity index is 753. The second-order valence-corrected chi connectivity index (χ2v) is 5.51. The van der Waals surface area contributed by atoms with Gasteiger partial charge in [0.1, 0.15) is 11.5 Å². The van der Waals surface area contributed by atoms with E-state index in [0.29, 0.717) is 34.3 Å². The Morgan fingerprint density at radius 1 is 1.21 bits per heavy atom. The summed E-state index contributed by atoms with van der Waals surface area (Å²) in [6.45, 7) is 2.59. The fraction of sp³-hybridized carbons (Fsp3) is 0.211. The summed E-state index contributed by atoms with van der Waals surface area (Å²) >= 11 is 6.21. The van der Waals surface area contributed by atoms with Crippen LogP contribution in [-0.2, 0) is 4.79 Å². The molecule has 2 aromatic rings. The van der Waals surface area contributed by atoms with Crippen molar-refractivity contribution in [3.05, 3.63) is 58.6 Å². The zero-order valence-electron chi connectivity index (χ0n) is 13.6. The number of ether oxygens (including phenoxy) is 2. The lowest BCUT2D eigenvalue weighted by atomic mass is 10.0. The molecule has 0 saturated carbocycles. The number of hydrogen-bond donors (Lipinski definition) is 1. The van der Waals surface area contributed by atoms with Gasteiger partial charge in [0, 0.05) is 5.56 Å². The van der Waals surface area contributed by atoms with Gasteiger partial charge in [-0.15, -0.1) is 0 Å². The number of carbonyl (C=O) groups is 1. The van der Waals surface area contributed by atoms with Gasteiger partial charge >= 0.3 is 5.97 Å². The standard InChI is InChI=1S/C19H19ClO4/c1-3-10-24-18-9-8-13(12-16(18)20)11-15(19(21)22)14-6-4-5-7-17(14)23-2/h4-9,11-12H,3,10H2,1-2H3,(H,21,22)/b15-11-. The predicted molar refractivity (Wildman–Crippen MR) is 95.7 cm³/mol. The lowest BCUT2D eigenvalue weighted by Crippen LogP contribution is -2.02. The van der Waals surface area contributed by atoms with Gasteiger partial charge in [0.25, 0.3) is 0 Å². The van der Waals surface area contributed by atoms with Crippen LogP contribution in [0.3, 0.4) is 0 Å². The molecule has 2 aromatic carbocycles. The monoisotopic (exact) mass is 346 g/mol. The fourth-order valence-corrected chi connectivity index (χ4v) is 2.47. The quantitative estimate of drug-likeness (QED) is 0.580. The molecule has 1 N–H and O–H groups in total. The van der Waals surface area contributed by atoms with Gasteiger partial charge < -0.3 is 14.6 Å². The molecule has 5 heteroatoms. The normalized spacial score (nSPS) is 11.2. The second kappa shape index (κ2) is 8.41. The third-order valence-corrected chi connectivity index (χ3v) is 3.65. The zero-order valence-corrected chi connectivity index (χ0v) is 14.3. The summed E-state index contributed by atoms with van der Waals surface area (Å²) in [6.07, 6.45) is 2.45. The first-order valence-corrected chi connectivity index (χ1v) is 7.95. The number of carboxylic acid groups (broad SMARTS) is 1. The molecule has 2 rings (SSSR count). The summed E-state index contributed by atoms with van der Waals surface area (Å²) in [5, 5.41) is 10.0. The van der Waals surface area contributed by atoms with E-state index >= 15 is 0 Å². The van der Waals surface area contributed by atoms with Crippen molar-refractivity contribution < 1.29 is 19.4 Å². The molecule has 126 valence electrons. The molecule has 0 aliphatic heterocycles. The molecule has 0 amide bonds. The molecule has 0 aliphatic rings. The summed E-state index contributed by atoms with van der Waals surface area (Å²) in [5.41, 5.74) is 1.31. The number of carboxylic acids is 1. The molecular weight excluding hydrogens is 328 g/mol. The van der Waals surface area contributed by atoms with Gasteiger partial charge in [-0.05, 0) is 36.3 Å². The van der Waals surface area contributed by atoms with Crippen molar-refractivity contribution in [2.24, 2.45) is 0 Å². The average molecular weight is 347 g/mol. The first-order valence-electron chi connectivity index (χ1n) is 7.57. The van der Waals surface area contributed by atoms with Crippen molar-refractivity contribution in [2.75, 3.05) is 13.7 Å². The molecule has 0 saturated heterocycles. The van der Waals surface area contributed by atoms with Crippen LogP contribution in [0.15, 0.2) is 42.5 Å². The zero-order chi connectivity index (χ0) is 17.5. The molecule has 0 heterocycles. The molecule has 0 spiro atoms. The summed E-state index contributed by atoms with van der Waals surface area (Å²) < 4.78 is 10.8. The topological polar surface area (TPSA) is 55.8 Å². The Labute approximate surface area is 146 Å². The molecule has 0 radical (unpaired) electrons. The number of benzene rings is 2. The second-order valence-electron chi connectivity index (χ2n) is 5.10. The summed E-state index contributed by atoms with van der Waals surface area (Å²) in [5.74, 6) is 0.0481. The molecule has 0 fully saturated rings. The molecule has 0 atom stereocenters. The largest absolute Gasteiger partial charge is 0.496 e. The van der Waals surface area contributed by atoms with Crippen LogP contribution < -0.4 is 9.47 Å². The Hall–Kier alpha value is -2.46. The number of para-hydroxylation sites is 1. The maximum absolute atomic E-state index is 11.7. The SMILES string of the molecule is CCCOc1ccc(/C=C(\C(=O)O)c2ccccc2OC)cc1Cl. The van der Waals surface area contributed by atoms with Crippen LogP contribution in [0.4, 0.5) is 0 Å². The van der Waals surface area contributed by atoms with Crippen molar-refractivity contribution in [2.45, 2.75) is 13.3 Å². The number of rotatable bonds is 7. The molecular formula is C19H19ClO4. The molecule has 0 aromatic heterocycles. The summed E-state index contributed by atoms with van der Waals surface area (Å²) in [7, 11) is 1.51. The highest BCUT2D eigenvalue weighted by atomic mass is 35.5. The van der Waals surface area contributed by atoms with Gasteiger partial charge in [-0.3, -0.25) is 0 Å².